The van der Waals surface area contributed by atoms with E-state index >= 15 is 0 Å². The fraction of sp³-hybridized carbons (Fsp3) is 0.391. The van der Waals surface area contributed by atoms with E-state index in [1.165, 1.54) is 58.2 Å². The van der Waals surface area contributed by atoms with E-state index in [2.05, 4.69) is 148 Å². The van der Waals surface area contributed by atoms with Gasteiger partial charge in [0.1, 0.15) is 0 Å². The maximum Gasteiger partial charge on any atom is 0.0722 e. The smallest absolute Gasteiger partial charge is 0.0679 e. The van der Waals surface area contributed by atoms with E-state index in [4.69, 9.17) is 0 Å². The molecule has 47 heavy (non-hydrogen) atoms. The molecule has 0 nitrogen and oxygen atoms in total. The van der Waals surface area contributed by atoms with Crippen molar-refractivity contribution in [2.24, 2.45) is 5.92 Å². The zero-order valence-corrected chi connectivity index (χ0v) is 31.8. The van der Waals surface area contributed by atoms with Crippen LogP contribution in [-0.4, -0.2) is 8.07 Å². The topological polar surface area (TPSA) is 0 Å². The van der Waals surface area contributed by atoms with Gasteiger partial charge in [0, 0.05) is 11.1 Å². The fourth-order valence-corrected chi connectivity index (χ4v) is 14.8. The summed E-state index contributed by atoms with van der Waals surface area (Å²) in [7, 11) is -2.04. The van der Waals surface area contributed by atoms with Crippen LogP contribution in [0.5, 0.6) is 0 Å². The number of hydrogen-bond donors (Lipinski definition) is 0. The minimum atomic E-state index is -2.04. The van der Waals surface area contributed by atoms with Gasteiger partial charge in [-0.15, -0.1) is 0 Å². The van der Waals surface area contributed by atoms with E-state index in [-0.39, 0.29) is 5.41 Å². The summed E-state index contributed by atoms with van der Waals surface area (Å²) in [6.07, 6.45) is 8.94. The minimum absolute atomic E-state index is 0.154. The number of allylic oxidation sites excluding steroid dienone is 2. The average molecular weight is 635 g/mol. The molecule has 0 amide bonds. The molecule has 0 aliphatic heterocycles. The van der Waals surface area contributed by atoms with Gasteiger partial charge in [-0.1, -0.05) is 137 Å². The summed E-state index contributed by atoms with van der Waals surface area (Å²) in [6, 6.07) is 23.6. The predicted molar refractivity (Wildman–Crippen MR) is 208 cm³/mol. The van der Waals surface area contributed by atoms with Gasteiger partial charge in [-0.2, -0.15) is 0 Å². The Labute approximate surface area is 286 Å². The van der Waals surface area contributed by atoms with Gasteiger partial charge in [-0.25, -0.2) is 0 Å². The summed E-state index contributed by atoms with van der Waals surface area (Å²) >= 11 is 0. The highest BCUT2D eigenvalue weighted by Crippen LogP contribution is 2.57. The molecular formula is C46H54Si. The molecule has 0 bridgehead atoms. The Morgan fingerprint density at radius 3 is 2.13 bits per heavy atom. The van der Waals surface area contributed by atoms with Crippen molar-refractivity contribution in [2.45, 2.75) is 111 Å². The van der Waals surface area contributed by atoms with Gasteiger partial charge in [0.15, 0.2) is 0 Å². The van der Waals surface area contributed by atoms with E-state index in [9.17, 15) is 0 Å². The molecule has 7 rings (SSSR count). The molecule has 1 heteroatoms. The first-order valence-corrected chi connectivity index (χ1v) is 21.2. The third-order valence-corrected chi connectivity index (χ3v) is 16.4. The van der Waals surface area contributed by atoms with Crippen LogP contribution in [0.25, 0.3) is 34.4 Å². The molecule has 0 N–H and O–H groups in total. The second kappa shape index (κ2) is 11.3. The zero-order chi connectivity index (χ0) is 33.6. The summed E-state index contributed by atoms with van der Waals surface area (Å²) in [5.74, 6) is 0.507. The second-order valence-corrected chi connectivity index (χ2v) is 21.8. The van der Waals surface area contributed by atoms with E-state index in [0.29, 0.717) is 17.0 Å². The van der Waals surface area contributed by atoms with Gasteiger partial charge in [-0.3, -0.25) is 0 Å². The highest BCUT2D eigenvalue weighted by Gasteiger charge is 2.49. The molecule has 242 valence electrons. The van der Waals surface area contributed by atoms with Crippen LogP contribution < -0.4 is 0 Å². The van der Waals surface area contributed by atoms with Crippen LogP contribution >= 0.6 is 0 Å². The molecule has 0 spiro atoms. The Morgan fingerprint density at radius 2 is 1.45 bits per heavy atom. The van der Waals surface area contributed by atoms with E-state index in [1.54, 1.807) is 50.1 Å². The predicted octanol–water partition coefficient (Wildman–Crippen LogP) is 12.9. The lowest BCUT2D eigenvalue weighted by Gasteiger charge is -2.41. The highest BCUT2D eigenvalue weighted by molar-refractivity contribution is 6.81. The minimum Gasteiger partial charge on any atom is -0.0679 e. The SMILES string of the molecule is CC1=Cc2c(-c3cc(C)ccc3C)c3c(c(C)c2C1[Si](C)(C)C1C(C(C)C)=Cc2c(-c4ccc(C(C)(C)C)cc4)cccc21)CCC3. The second-order valence-electron chi connectivity index (χ2n) is 17.0. The summed E-state index contributed by atoms with van der Waals surface area (Å²) in [6.45, 7) is 26.7. The van der Waals surface area contributed by atoms with Gasteiger partial charge in [-0.05, 0) is 131 Å². The van der Waals surface area contributed by atoms with Crippen molar-refractivity contribution in [1.82, 2.24) is 0 Å². The van der Waals surface area contributed by atoms with Gasteiger partial charge < -0.3 is 0 Å². The first-order chi connectivity index (χ1) is 22.2. The summed E-state index contributed by atoms with van der Waals surface area (Å²) < 4.78 is 0. The molecule has 0 saturated carbocycles. The Balaban J connectivity index is 1.40. The molecular weight excluding hydrogens is 581 g/mol. The van der Waals surface area contributed by atoms with Gasteiger partial charge in [0.2, 0.25) is 0 Å². The maximum atomic E-state index is 2.72. The van der Waals surface area contributed by atoms with Crippen LogP contribution in [0.2, 0.25) is 13.1 Å². The molecule has 3 aliphatic rings. The molecule has 2 unspecified atom stereocenters. The van der Waals surface area contributed by atoms with E-state index in [0.717, 1.165) is 0 Å². The van der Waals surface area contributed by atoms with Crippen molar-refractivity contribution in [3.8, 4) is 22.3 Å². The Morgan fingerprint density at radius 1 is 0.745 bits per heavy atom. The average Bonchev–Trinajstić information content (AvgIpc) is 3.74. The van der Waals surface area contributed by atoms with Crippen molar-refractivity contribution < 1.29 is 0 Å². The van der Waals surface area contributed by atoms with Crippen molar-refractivity contribution in [2.75, 3.05) is 0 Å². The number of hydrogen-bond acceptors (Lipinski definition) is 0. The highest BCUT2D eigenvalue weighted by atomic mass is 28.3. The molecule has 3 aliphatic carbocycles. The standard InChI is InChI=1S/C46H54Si/c1-27(2)38-26-40-35(32-20-22-33(23-21-32)46(7,8)9)15-13-17-37(40)45(38)47(10,11)44-30(5)25-41-42(44)31(6)34-14-12-16-36(34)43(41)39-24-28(3)18-19-29(39)4/h13,15,17-27,44-45H,12,14,16H2,1-11H3. The molecule has 4 aromatic rings. The molecule has 4 aromatic carbocycles. The summed E-state index contributed by atoms with van der Waals surface area (Å²) in [5.41, 5.74) is 25.4. The van der Waals surface area contributed by atoms with Crippen molar-refractivity contribution >= 4 is 20.2 Å². The Hall–Kier alpha value is -3.42. The van der Waals surface area contributed by atoms with Gasteiger partial charge >= 0.3 is 0 Å². The lowest BCUT2D eigenvalue weighted by atomic mass is 9.84. The number of benzene rings is 4. The number of rotatable bonds is 5. The lowest BCUT2D eigenvalue weighted by Crippen LogP contribution is -2.43. The lowest BCUT2D eigenvalue weighted by molar-refractivity contribution is 0.590. The normalized spacial score (nSPS) is 18.7. The molecule has 0 aromatic heterocycles. The van der Waals surface area contributed by atoms with Crippen LogP contribution in [-0.2, 0) is 18.3 Å². The Bertz CT molecular complexity index is 1970. The molecule has 0 radical (unpaired) electrons. The monoisotopic (exact) mass is 634 g/mol. The molecule has 2 atom stereocenters. The number of fused-ring (bicyclic) bond motifs is 3. The van der Waals surface area contributed by atoms with Crippen LogP contribution in [0, 0.1) is 26.7 Å². The van der Waals surface area contributed by atoms with E-state index < -0.39 is 8.07 Å². The third-order valence-electron chi connectivity index (χ3n) is 12.0. The summed E-state index contributed by atoms with van der Waals surface area (Å²) in [5, 5.41) is 0. The molecule has 0 saturated heterocycles. The summed E-state index contributed by atoms with van der Waals surface area (Å²) in [4.78, 5) is 0. The van der Waals surface area contributed by atoms with Crippen LogP contribution in [0.15, 0.2) is 71.8 Å². The zero-order valence-electron chi connectivity index (χ0n) is 30.8. The van der Waals surface area contributed by atoms with Crippen molar-refractivity contribution in [1.29, 1.82) is 0 Å². The molecule has 0 heterocycles. The van der Waals surface area contributed by atoms with Crippen LogP contribution in [0.3, 0.4) is 0 Å². The first-order valence-electron chi connectivity index (χ1n) is 18.1. The third kappa shape index (κ3) is 5.07. The molecule has 0 fully saturated rings. The number of aryl methyl sites for hydroxylation is 2. The van der Waals surface area contributed by atoms with Crippen molar-refractivity contribution in [3.05, 3.63) is 127 Å². The first kappa shape index (κ1) is 32.1. The quantitative estimate of drug-likeness (QED) is 0.192. The van der Waals surface area contributed by atoms with Gasteiger partial charge in [0.25, 0.3) is 0 Å². The van der Waals surface area contributed by atoms with E-state index in [1.807, 2.05) is 0 Å². The Kier molecular flexibility index (Phi) is 7.75. The largest absolute Gasteiger partial charge is 0.0722 e. The van der Waals surface area contributed by atoms with Crippen LogP contribution in [0.4, 0.5) is 0 Å². The van der Waals surface area contributed by atoms with Crippen molar-refractivity contribution in [3.63, 3.8) is 0 Å². The maximum absolute atomic E-state index is 2.72. The van der Waals surface area contributed by atoms with Gasteiger partial charge in [0.05, 0.1) is 8.07 Å². The fourth-order valence-electron chi connectivity index (χ4n) is 9.75. The van der Waals surface area contributed by atoms with Crippen LogP contribution in [0.1, 0.15) is 115 Å².